The topological polar surface area (TPSA) is 38.3 Å². The number of amides is 1. The molecule has 2 heterocycles. The van der Waals surface area contributed by atoms with Gasteiger partial charge in [0.2, 0.25) is 5.91 Å². The molecule has 1 aliphatic rings. The first-order chi connectivity index (χ1) is 11.1. The normalized spacial score (nSPS) is 17.4. The third-order valence-corrected chi connectivity index (χ3v) is 5.24. The molecule has 23 heavy (non-hydrogen) atoms. The highest BCUT2D eigenvalue weighted by Crippen LogP contribution is 2.39. The van der Waals surface area contributed by atoms with Crippen molar-refractivity contribution in [2.24, 2.45) is 5.92 Å². The van der Waals surface area contributed by atoms with Gasteiger partial charge in [-0.25, -0.2) is 0 Å². The van der Waals surface area contributed by atoms with Crippen LogP contribution in [0.25, 0.3) is 11.1 Å². The molecule has 1 aromatic carbocycles. The maximum absolute atomic E-state index is 11.9. The van der Waals surface area contributed by atoms with Crippen LogP contribution in [0.3, 0.4) is 0 Å². The summed E-state index contributed by atoms with van der Waals surface area (Å²) >= 11 is 8.05. The molecule has 1 amide bonds. The lowest BCUT2D eigenvalue weighted by molar-refractivity contribution is -0.124. The van der Waals surface area contributed by atoms with E-state index in [-0.39, 0.29) is 17.9 Å². The fraction of sp³-hybridized carbons (Fsp3) is 0.389. The molecule has 2 unspecified atom stereocenters. The van der Waals surface area contributed by atoms with Crippen molar-refractivity contribution in [2.75, 3.05) is 6.54 Å². The van der Waals surface area contributed by atoms with Gasteiger partial charge in [-0.05, 0) is 46.5 Å². The quantitative estimate of drug-likeness (QED) is 0.860. The molecule has 1 aliphatic heterocycles. The standard InChI is InChI=1S/C18H20ClNO2S/c1-3-11(2)18(21)20-9-15-7-14-6-13(12-4-5-23-10-12)8-16(19)17(14)22-15/h4-6,8,10-11,15H,3,7,9H2,1-2H3,(H,20,21). The summed E-state index contributed by atoms with van der Waals surface area (Å²) in [4.78, 5) is 11.9. The summed E-state index contributed by atoms with van der Waals surface area (Å²) < 4.78 is 5.93. The number of fused-ring (bicyclic) bond motifs is 1. The van der Waals surface area contributed by atoms with E-state index in [1.54, 1.807) is 11.3 Å². The zero-order chi connectivity index (χ0) is 16.4. The molecule has 3 rings (SSSR count). The van der Waals surface area contributed by atoms with E-state index in [2.05, 4.69) is 28.2 Å². The third kappa shape index (κ3) is 3.54. The number of rotatable bonds is 5. The van der Waals surface area contributed by atoms with E-state index < -0.39 is 0 Å². The van der Waals surface area contributed by atoms with Crippen LogP contribution in [0, 0.1) is 5.92 Å². The van der Waals surface area contributed by atoms with Crippen molar-refractivity contribution in [3.63, 3.8) is 0 Å². The molecular weight excluding hydrogens is 330 g/mol. The molecule has 2 aromatic rings. The van der Waals surface area contributed by atoms with Gasteiger partial charge in [0.15, 0.2) is 0 Å². The van der Waals surface area contributed by atoms with Gasteiger partial charge in [0, 0.05) is 17.9 Å². The first-order valence-electron chi connectivity index (χ1n) is 7.87. The van der Waals surface area contributed by atoms with Gasteiger partial charge in [0.25, 0.3) is 0 Å². The number of halogens is 1. The van der Waals surface area contributed by atoms with E-state index in [4.69, 9.17) is 16.3 Å². The van der Waals surface area contributed by atoms with Crippen molar-refractivity contribution in [3.8, 4) is 16.9 Å². The lowest BCUT2D eigenvalue weighted by atomic mass is 10.0. The number of carbonyl (C=O) groups is 1. The summed E-state index contributed by atoms with van der Waals surface area (Å²) in [5.41, 5.74) is 3.40. The van der Waals surface area contributed by atoms with E-state index in [1.165, 1.54) is 5.56 Å². The first kappa shape index (κ1) is 16.3. The maximum Gasteiger partial charge on any atom is 0.222 e. The average Bonchev–Trinajstić information content (AvgIpc) is 3.20. The van der Waals surface area contributed by atoms with Gasteiger partial charge >= 0.3 is 0 Å². The van der Waals surface area contributed by atoms with Crippen LogP contribution in [0.5, 0.6) is 5.75 Å². The molecule has 1 N–H and O–H groups in total. The Labute approximate surface area is 145 Å². The summed E-state index contributed by atoms with van der Waals surface area (Å²) in [6, 6.07) is 6.17. The van der Waals surface area contributed by atoms with Gasteiger partial charge in [0.05, 0.1) is 11.6 Å². The van der Waals surface area contributed by atoms with Crippen LogP contribution < -0.4 is 10.1 Å². The van der Waals surface area contributed by atoms with E-state index in [0.29, 0.717) is 11.6 Å². The van der Waals surface area contributed by atoms with Crippen LogP contribution in [-0.4, -0.2) is 18.6 Å². The maximum atomic E-state index is 11.9. The van der Waals surface area contributed by atoms with Crippen LogP contribution in [0.15, 0.2) is 29.0 Å². The smallest absolute Gasteiger partial charge is 0.222 e. The SMILES string of the molecule is CCC(C)C(=O)NCC1Cc2cc(-c3ccsc3)cc(Cl)c2O1. The van der Waals surface area contributed by atoms with Crippen molar-refractivity contribution < 1.29 is 9.53 Å². The summed E-state index contributed by atoms with van der Waals surface area (Å²) in [6.07, 6.45) is 1.56. The molecule has 122 valence electrons. The fourth-order valence-electron chi connectivity index (χ4n) is 2.67. The minimum absolute atomic E-state index is 0.0348. The van der Waals surface area contributed by atoms with Crippen LogP contribution in [-0.2, 0) is 11.2 Å². The second-order valence-electron chi connectivity index (χ2n) is 5.96. The van der Waals surface area contributed by atoms with Crippen molar-refractivity contribution in [2.45, 2.75) is 32.8 Å². The van der Waals surface area contributed by atoms with Gasteiger partial charge < -0.3 is 10.1 Å². The highest BCUT2D eigenvalue weighted by Gasteiger charge is 2.26. The molecule has 2 atom stereocenters. The minimum atomic E-state index is -0.0479. The Bertz CT molecular complexity index is 699. The van der Waals surface area contributed by atoms with Crippen molar-refractivity contribution in [3.05, 3.63) is 39.5 Å². The van der Waals surface area contributed by atoms with Gasteiger partial charge in [-0.2, -0.15) is 11.3 Å². The van der Waals surface area contributed by atoms with Gasteiger partial charge in [-0.3, -0.25) is 4.79 Å². The van der Waals surface area contributed by atoms with Crippen molar-refractivity contribution in [1.82, 2.24) is 5.32 Å². The van der Waals surface area contributed by atoms with Gasteiger partial charge in [0.1, 0.15) is 11.9 Å². The number of carbonyl (C=O) groups excluding carboxylic acids is 1. The summed E-state index contributed by atoms with van der Waals surface area (Å²) in [6.45, 7) is 4.46. The molecule has 0 fully saturated rings. The van der Waals surface area contributed by atoms with Gasteiger partial charge in [-0.1, -0.05) is 25.4 Å². The molecule has 0 saturated heterocycles. The molecular formula is C18H20ClNO2S. The Kier molecular flexibility index (Phi) is 4.93. The molecule has 0 saturated carbocycles. The van der Waals surface area contributed by atoms with Crippen LogP contribution >= 0.6 is 22.9 Å². The van der Waals surface area contributed by atoms with E-state index >= 15 is 0 Å². The predicted molar refractivity (Wildman–Crippen MR) is 95.3 cm³/mol. The number of hydrogen-bond donors (Lipinski definition) is 1. The zero-order valence-corrected chi connectivity index (χ0v) is 14.8. The lowest BCUT2D eigenvalue weighted by Gasteiger charge is -2.14. The van der Waals surface area contributed by atoms with E-state index in [1.807, 2.05) is 19.9 Å². The predicted octanol–water partition coefficient (Wildman–Crippen LogP) is 4.53. The second-order valence-corrected chi connectivity index (χ2v) is 7.14. The van der Waals surface area contributed by atoms with Gasteiger partial charge in [-0.15, -0.1) is 0 Å². The molecule has 1 aromatic heterocycles. The number of hydrogen-bond acceptors (Lipinski definition) is 3. The number of thiophene rings is 1. The third-order valence-electron chi connectivity index (χ3n) is 4.27. The Morgan fingerprint density at radius 1 is 1.48 bits per heavy atom. The van der Waals surface area contributed by atoms with Crippen molar-refractivity contribution in [1.29, 1.82) is 0 Å². The summed E-state index contributed by atoms with van der Waals surface area (Å²) in [5, 5.41) is 7.77. The van der Waals surface area contributed by atoms with Crippen LogP contribution in [0.2, 0.25) is 5.02 Å². The van der Waals surface area contributed by atoms with Crippen LogP contribution in [0.1, 0.15) is 25.8 Å². The minimum Gasteiger partial charge on any atom is -0.486 e. The van der Waals surface area contributed by atoms with E-state index in [0.717, 1.165) is 29.7 Å². The molecule has 0 radical (unpaired) electrons. The zero-order valence-electron chi connectivity index (χ0n) is 13.3. The Morgan fingerprint density at radius 2 is 2.30 bits per heavy atom. The summed E-state index contributed by atoms with van der Waals surface area (Å²) in [5.74, 6) is 0.873. The Hall–Kier alpha value is -1.52. The molecule has 0 aliphatic carbocycles. The Morgan fingerprint density at radius 3 is 3.00 bits per heavy atom. The lowest BCUT2D eigenvalue weighted by Crippen LogP contribution is -2.37. The average molecular weight is 350 g/mol. The van der Waals surface area contributed by atoms with Crippen molar-refractivity contribution >= 4 is 28.8 Å². The number of ether oxygens (including phenoxy) is 1. The molecule has 5 heteroatoms. The van der Waals surface area contributed by atoms with Crippen LogP contribution in [0.4, 0.5) is 0 Å². The number of nitrogens with one attached hydrogen (secondary N) is 1. The molecule has 0 spiro atoms. The largest absolute Gasteiger partial charge is 0.486 e. The second kappa shape index (κ2) is 6.93. The number of benzene rings is 1. The molecule has 0 bridgehead atoms. The highest BCUT2D eigenvalue weighted by molar-refractivity contribution is 7.08. The summed E-state index contributed by atoms with van der Waals surface area (Å²) in [7, 11) is 0. The first-order valence-corrected chi connectivity index (χ1v) is 9.20. The Balaban J connectivity index is 1.69. The molecule has 3 nitrogen and oxygen atoms in total. The fourth-order valence-corrected chi connectivity index (χ4v) is 3.62. The monoisotopic (exact) mass is 349 g/mol. The van der Waals surface area contributed by atoms with E-state index in [9.17, 15) is 4.79 Å². The highest BCUT2D eigenvalue weighted by atomic mass is 35.5.